The van der Waals surface area contributed by atoms with Crippen LogP contribution in [0.15, 0.2) is 78.9 Å². The molecule has 0 atom stereocenters. The van der Waals surface area contributed by atoms with Crippen molar-refractivity contribution >= 4 is 28.9 Å². The summed E-state index contributed by atoms with van der Waals surface area (Å²) in [6, 6.07) is 24.7. The number of hydrogen-bond donors (Lipinski definition) is 3. The molecule has 0 aliphatic carbocycles. The maximum absolute atomic E-state index is 12.2. The quantitative estimate of drug-likeness (QED) is 0.497. The van der Waals surface area contributed by atoms with Gasteiger partial charge >= 0.3 is 0 Å². The Labute approximate surface area is 176 Å². The summed E-state index contributed by atoms with van der Waals surface area (Å²) in [6.45, 7) is 2.16. The molecular formula is C24H25N3O3. The van der Waals surface area contributed by atoms with Crippen LogP contribution in [-0.4, -0.2) is 25.0 Å². The number of nitrogens with one attached hydrogen (secondary N) is 3. The first-order valence-corrected chi connectivity index (χ1v) is 9.77. The van der Waals surface area contributed by atoms with E-state index in [1.165, 1.54) is 12.5 Å². The molecule has 0 saturated heterocycles. The summed E-state index contributed by atoms with van der Waals surface area (Å²) in [5.74, 6) is 0.451. The molecule has 0 unspecified atom stereocenters. The number of rotatable bonds is 9. The zero-order valence-electron chi connectivity index (χ0n) is 16.9. The van der Waals surface area contributed by atoms with Gasteiger partial charge in [-0.3, -0.25) is 9.59 Å². The fraction of sp³-hybridized carbons (Fsp3) is 0.167. The van der Waals surface area contributed by atoms with Crippen LogP contribution in [-0.2, 0) is 16.0 Å². The van der Waals surface area contributed by atoms with Crippen molar-refractivity contribution in [2.24, 2.45) is 0 Å². The fourth-order valence-electron chi connectivity index (χ4n) is 2.86. The van der Waals surface area contributed by atoms with Crippen molar-refractivity contribution in [1.82, 2.24) is 0 Å². The topological polar surface area (TPSA) is 79.5 Å². The highest BCUT2D eigenvalue weighted by molar-refractivity contribution is 5.94. The molecule has 0 aliphatic heterocycles. The van der Waals surface area contributed by atoms with Gasteiger partial charge in [-0.05, 0) is 48.0 Å². The SMILES string of the molecule is CC(=O)Nc1cccc(NCC(=O)Nc2ccc(OCCc3ccccc3)cc2)c1. The van der Waals surface area contributed by atoms with Crippen LogP contribution in [0.5, 0.6) is 5.75 Å². The molecule has 0 bridgehead atoms. The monoisotopic (exact) mass is 403 g/mol. The summed E-state index contributed by atoms with van der Waals surface area (Å²) >= 11 is 0. The second-order valence-electron chi connectivity index (χ2n) is 6.77. The fourth-order valence-corrected chi connectivity index (χ4v) is 2.86. The summed E-state index contributed by atoms with van der Waals surface area (Å²) in [5, 5.41) is 8.60. The summed E-state index contributed by atoms with van der Waals surface area (Å²) < 4.78 is 5.76. The Morgan fingerprint density at radius 3 is 2.27 bits per heavy atom. The first-order valence-electron chi connectivity index (χ1n) is 9.77. The Balaban J connectivity index is 1.42. The van der Waals surface area contributed by atoms with Crippen molar-refractivity contribution in [1.29, 1.82) is 0 Å². The Bertz CT molecular complexity index is 973. The van der Waals surface area contributed by atoms with E-state index >= 15 is 0 Å². The maximum Gasteiger partial charge on any atom is 0.243 e. The third-order valence-corrected chi connectivity index (χ3v) is 4.28. The molecule has 6 heteroatoms. The first-order chi connectivity index (χ1) is 14.6. The number of anilines is 3. The van der Waals surface area contributed by atoms with Crippen LogP contribution < -0.4 is 20.7 Å². The minimum Gasteiger partial charge on any atom is -0.493 e. The van der Waals surface area contributed by atoms with E-state index < -0.39 is 0 Å². The van der Waals surface area contributed by atoms with E-state index in [4.69, 9.17) is 4.74 Å². The van der Waals surface area contributed by atoms with Gasteiger partial charge in [0.05, 0.1) is 13.2 Å². The molecule has 3 N–H and O–H groups in total. The minimum atomic E-state index is -0.169. The lowest BCUT2D eigenvalue weighted by Gasteiger charge is -2.10. The molecule has 0 heterocycles. The highest BCUT2D eigenvalue weighted by Gasteiger charge is 2.04. The molecule has 2 amide bonds. The van der Waals surface area contributed by atoms with Crippen molar-refractivity contribution in [3.8, 4) is 5.75 Å². The maximum atomic E-state index is 12.2. The van der Waals surface area contributed by atoms with Crippen LogP contribution in [0.1, 0.15) is 12.5 Å². The predicted octanol–water partition coefficient (Wildman–Crippen LogP) is 4.32. The average Bonchev–Trinajstić information content (AvgIpc) is 2.74. The van der Waals surface area contributed by atoms with Crippen molar-refractivity contribution in [2.75, 3.05) is 29.1 Å². The van der Waals surface area contributed by atoms with Gasteiger partial charge in [0.1, 0.15) is 5.75 Å². The van der Waals surface area contributed by atoms with Crippen molar-refractivity contribution in [3.63, 3.8) is 0 Å². The van der Waals surface area contributed by atoms with Crippen LogP contribution in [0.2, 0.25) is 0 Å². The molecule has 0 fully saturated rings. The molecule has 3 rings (SSSR count). The normalized spacial score (nSPS) is 10.2. The van der Waals surface area contributed by atoms with Crippen LogP contribution in [0.4, 0.5) is 17.1 Å². The summed E-state index contributed by atoms with van der Waals surface area (Å²) in [5.41, 5.74) is 3.36. The van der Waals surface area contributed by atoms with E-state index in [2.05, 4.69) is 28.1 Å². The first kappa shape index (κ1) is 20.9. The zero-order chi connectivity index (χ0) is 21.2. The molecule has 3 aromatic carbocycles. The predicted molar refractivity (Wildman–Crippen MR) is 120 cm³/mol. The second-order valence-corrected chi connectivity index (χ2v) is 6.77. The summed E-state index contributed by atoms with van der Waals surface area (Å²) in [6.07, 6.45) is 0.841. The average molecular weight is 403 g/mol. The van der Waals surface area contributed by atoms with Gasteiger partial charge in [0, 0.05) is 30.4 Å². The Morgan fingerprint density at radius 1 is 0.800 bits per heavy atom. The van der Waals surface area contributed by atoms with Gasteiger partial charge < -0.3 is 20.7 Å². The Hall–Kier alpha value is -3.80. The molecule has 3 aromatic rings. The number of hydrogen-bond acceptors (Lipinski definition) is 4. The molecule has 6 nitrogen and oxygen atoms in total. The van der Waals surface area contributed by atoms with Gasteiger partial charge in [0.15, 0.2) is 0 Å². The third-order valence-electron chi connectivity index (χ3n) is 4.28. The van der Waals surface area contributed by atoms with E-state index in [1.807, 2.05) is 54.6 Å². The van der Waals surface area contributed by atoms with E-state index in [1.54, 1.807) is 12.1 Å². The molecule has 0 spiro atoms. The molecule has 0 radical (unpaired) electrons. The van der Waals surface area contributed by atoms with Gasteiger partial charge in [-0.1, -0.05) is 36.4 Å². The van der Waals surface area contributed by atoms with Crippen molar-refractivity contribution in [2.45, 2.75) is 13.3 Å². The Kier molecular flexibility index (Phi) is 7.44. The summed E-state index contributed by atoms with van der Waals surface area (Å²) in [7, 11) is 0. The second kappa shape index (κ2) is 10.7. The van der Waals surface area contributed by atoms with Gasteiger partial charge in [0.25, 0.3) is 0 Å². The molecule has 0 aromatic heterocycles. The van der Waals surface area contributed by atoms with E-state index in [0.717, 1.165) is 17.9 Å². The molecule has 0 aliphatic rings. The van der Waals surface area contributed by atoms with Crippen molar-refractivity contribution in [3.05, 3.63) is 84.4 Å². The highest BCUT2D eigenvalue weighted by Crippen LogP contribution is 2.17. The van der Waals surface area contributed by atoms with Crippen LogP contribution >= 0.6 is 0 Å². The zero-order valence-corrected chi connectivity index (χ0v) is 16.9. The van der Waals surface area contributed by atoms with Gasteiger partial charge in [0.2, 0.25) is 11.8 Å². The number of carbonyl (C=O) groups excluding carboxylic acids is 2. The lowest BCUT2D eigenvalue weighted by molar-refractivity contribution is -0.115. The lowest BCUT2D eigenvalue weighted by atomic mass is 10.2. The Morgan fingerprint density at radius 2 is 1.53 bits per heavy atom. The number of ether oxygens (including phenoxy) is 1. The van der Waals surface area contributed by atoms with Crippen LogP contribution in [0.3, 0.4) is 0 Å². The molecule has 154 valence electrons. The minimum absolute atomic E-state index is 0.110. The van der Waals surface area contributed by atoms with Crippen LogP contribution in [0.25, 0.3) is 0 Å². The van der Waals surface area contributed by atoms with E-state index in [9.17, 15) is 9.59 Å². The smallest absolute Gasteiger partial charge is 0.243 e. The van der Waals surface area contributed by atoms with E-state index in [0.29, 0.717) is 18.0 Å². The van der Waals surface area contributed by atoms with Gasteiger partial charge in [-0.15, -0.1) is 0 Å². The standard InChI is InChI=1S/C24H25N3O3/c1-18(28)26-22-9-5-8-21(16-22)25-17-24(29)27-20-10-12-23(13-11-20)30-15-14-19-6-3-2-4-7-19/h2-13,16,25H,14-15,17H2,1H3,(H,26,28)(H,27,29). The van der Waals surface area contributed by atoms with Gasteiger partial charge in [-0.25, -0.2) is 0 Å². The molecule has 30 heavy (non-hydrogen) atoms. The number of carbonyl (C=O) groups is 2. The van der Waals surface area contributed by atoms with E-state index in [-0.39, 0.29) is 18.4 Å². The largest absolute Gasteiger partial charge is 0.493 e. The lowest BCUT2D eigenvalue weighted by Crippen LogP contribution is -2.21. The molecule has 0 saturated carbocycles. The third kappa shape index (κ3) is 6.98. The summed E-state index contributed by atoms with van der Waals surface area (Å²) in [4.78, 5) is 23.3. The number of benzene rings is 3. The van der Waals surface area contributed by atoms with Crippen LogP contribution in [0, 0.1) is 0 Å². The van der Waals surface area contributed by atoms with Crippen molar-refractivity contribution < 1.29 is 14.3 Å². The highest BCUT2D eigenvalue weighted by atomic mass is 16.5. The number of amides is 2. The molecular weight excluding hydrogens is 378 g/mol. The van der Waals surface area contributed by atoms with Gasteiger partial charge in [-0.2, -0.15) is 0 Å².